The summed E-state index contributed by atoms with van der Waals surface area (Å²) >= 11 is 0. The van der Waals surface area contributed by atoms with E-state index in [9.17, 15) is 14.7 Å². The predicted molar refractivity (Wildman–Crippen MR) is 95.2 cm³/mol. The Balaban J connectivity index is 1.29. The highest BCUT2D eigenvalue weighted by Gasteiger charge is 2.33. The van der Waals surface area contributed by atoms with Crippen LogP contribution in [-0.2, 0) is 4.79 Å². The predicted octanol–water partition coefficient (Wildman–Crippen LogP) is 0.839. The Kier molecular flexibility index (Phi) is 4.65. The number of nitrogens with zero attached hydrogens (tertiary/aromatic N) is 2. The average Bonchev–Trinajstić information content (AvgIpc) is 2.63. The molecule has 4 rings (SSSR count). The molecular formula is C19H22N2O5. The number of carbonyl (C=O) groups is 1. The molecule has 138 valence electrons. The fraction of sp³-hybridized carbons (Fsp3) is 0.474. The van der Waals surface area contributed by atoms with Crippen molar-refractivity contribution >= 4 is 16.9 Å². The summed E-state index contributed by atoms with van der Waals surface area (Å²) in [4.78, 5) is 27.8. The van der Waals surface area contributed by atoms with Crippen molar-refractivity contribution in [2.24, 2.45) is 0 Å². The van der Waals surface area contributed by atoms with Gasteiger partial charge in [0.15, 0.2) is 6.61 Å². The fourth-order valence-corrected chi connectivity index (χ4v) is 3.63. The molecule has 0 atom stereocenters. The van der Waals surface area contributed by atoms with Crippen molar-refractivity contribution in [2.75, 3.05) is 32.8 Å². The lowest BCUT2D eigenvalue weighted by atomic mass is 9.98. The van der Waals surface area contributed by atoms with Crippen molar-refractivity contribution in [1.82, 2.24) is 9.80 Å². The van der Waals surface area contributed by atoms with E-state index in [1.54, 1.807) is 24.3 Å². The van der Waals surface area contributed by atoms with Gasteiger partial charge in [0.05, 0.1) is 6.10 Å². The number of aliphatic hydroxyl groups excluding tert-OH is 1. The van der Waals surface area contributed by atoms with Crippen molar-refractivity contribution in [2.45, 2.75) is 25.0 Å². The van der Waals surface area contributed by atoms with Crippen molar-refractivity contribution < 1.29 is 19.1 Å². The van der Waals surface area contributed by atoms with Crippen LogP contribution in [0.1, 0.15) is 12.8 Å². The van der Waals surface area contributed by atoms with Gasteiger partial charge in [0.25, 0.3) is 5.91 Å². The Morgan fingerprint density at radius 1 is 1.19 bits per heavy atom. The molecule has 7 heteroatoms. The van der Waals surface area contributed by atoms with Gasteiger partial charge in [-0.3, -0.25) is 9.69 Å². The van der Waals surface area contributed by atoms with Crippen LogP contribution in [0.5, 0.6) is 5.75 Å². The maximum absolute atomic E-state index is 12.4. The molecule has 1 amide bonds. The smallest absolute Gasteiger partial charge is 0.336 e. The monoisotopic (exact) mass is 358 g/mol. The van der Waals surface area contributed by atoms with Crippen LogP contribution in [0.4, 0.5) is 0 Å². The van der Waals surface area contributed by atoms with Crippen LogP contribution in [0.2, 0.25) is 0 Å². The molecule has 2 saturated heterocycles. The fourth-order valence-electron chi connectivity index (χ4n) is 3.63. The quantitative estimate of drug-likeness (QED) is 0.816. The number of carbonyl (C=O) groups excluding carboxylic acids is 1. The van der Waals surface area contributed by atoms with E-state index in [-0.39, 0.29) is 18.6 Å². The first-order valence-electron chi connectivity index (χ1n) is 8.95. The SMILES string of the molecule is O=C(COc1ccc2ccc(=O)oc2c1)N1CCC(N2CC(O)C2)CC1. The van der Waals surface area contributed by atoms with Gasteiger partial charge in [0, 0.05) is 49.7 Å². The Morgan fingerprint density at radius 2 is 1.92 bits per heavy atom. The number of piperidine rings is 1. The first kappa shape index (κ1) is 17.1. The van der Waals surface area contributed by atoms with Gasteiger partial charge in [-0.2, -0.15) is 0 Å². The van der Waals surface area contributed by atoms with Crippen molar-refractivity contribution in [3.05, 3.63) is 40.8 Å². The van der Waals surface area contributed by atoms with Gasteiger partial charge < -0.3 is 19.2 Å². The highest BCUT2D eigenvalue weighted by atomic mass is 16.5. The van der Waals surface area contributed by atoms with E-state index in [4.69, 9.17) is 9.15 Å². The number of likely N-dealkylation sites (tertiary alicyclic amines) is 2. The maximum atomic E-state index is 12.4. The third-order valence-corrected chi connectivity index (χ3v) is 5.18. The summed E-state index contributed by atoms with van der Waals surface area (Å²) in [5.41, 5.74) is 0.0308. The summed E-state index contributed by atoms with van der Waals surface area (Å²) < 4.78 is 10.7. The van der Waals surface area contributed by atoms with Crippen LogP contribution < -0.4 is 10.4 Å². The molecule has 1 aromatic heterocycles. The average molecular weight is 358 g/mol. The summed E-state index contributed by atoms with van der Waals surface area (Å²) in [7, 11) is 0. The topological polar surface area (TPSA) is 83.2 Å². The molecule has 26 heavy (non-hydrogen) atoms. The van der Waals surface area contributed by atoms with E-state index in [0.717, 1.165) is 31.3 Å². The molecule has 0 unspecified atom stereocenters. The first-order valence-corrected chi connectivity index (χ1v) is 8.95. The Bertz CT molecular complexity index is 850. The molecule has 1 aromatic carbocycles. The number of rotatable bonds is 4. The van der Waals surface area contributed by atoms with E-state index in [1.807, 2.05) is 4.90 Å². The Labute approximate surface area is 150 Å². The number of amides is 1. The second kappa shape index (κ2) is 7.09. The van der Waals surface area contributed by atoms with E-state index in [1.165, 1.54) is 6.07 Å². The third-order valence-electron chi connectivity index (χ3n) is 5.18. The molecule has 0 aliphatic carbocycles. The summed E-state index contributed by atoms with van der Waals surface area (Å²) in [6.45, 7) is 2.90. The summed E-state index contributed by atoms with van der Waals surface area (Å²) in [6.07, 6.45) is 1.67. The molecule has 2 aliphatic rings. The molecule has 7 nitrogen and oxygen atoms in total. The second-order valence-corrected chi connectivity index (χ2v) is 6.96. The molecule has 2 fully saturated rings. The van der Waals surface area contributed by atoms with Crippen molar-refractivity contribution in [3.63, 3.8) is 0 Å². The normalized spacial score (nSPS) is 19.5. The summed E-state index contributed by atoms with van der Waals surface area (Å²) in [5, 5.41) is 10.2. The molecule has 0 bridgehead atoms. The van der Waals surface area contributed by atoms with E-state index in [0.29, 0.717) is 30.5 Å². The van der Waals surface area contributed by atoms with Crippen LogP contribution in [0.15, 0.2) is 39.5 Å². The standard InChI is InChI=1S/C19H22N2O5/c22-15-10-21(11-15)14-5-7-20(8-6-14)18(23)12-25-16-3-1-13-2-4-19(24)26-17(13)9-16/h1-4,9,14-15,22H,5-8,10-12H2. The van der Waals surface area contributed by atoms with Crippen LogP contribution in [0, 0.1) is 0 Å². The molecule has 2 aromatic rings. The molecule has 0 spiro atoms. The van der Waals surface area contributed by atoms with Gasteiger partial charge in [-0.25, -0.2) is 4.79 Å². The highest BCUT2D eigenvalue weighted by Crippen LogP contribution is 2.22. The molecule has 1 N–H and O–H groups in total. The molecule has 2 aliphatic heterocycles. The molecule has 0 radical (unpaired) electrons. The molecular weight excluding hydrogens is 336 g/mol. The molecule has 0 saturated carbocycles. The Hall–Kier alpha value is -2.38. The number of benzene rings is 1. The van der Waals surface area contributed by atoms with Crippen molar-refractivity contribution in [3.8, 4) is 5.75 Å². The number of fused-ring (bicyclic) bond motifs is 1. The van der Waals surface area contributed by atoms with Gasteiger partial charge in [-0.15, -0.1) is 0 Å². The number of hydrogen-bond acceptors (Lipinski definition) is 6. The van der Waals surface area contributed by atoms with E-state index < -0.39 is 5.63 Å². The van der Waals surface area contributed by atoms with Gasteiger partial charge in [-0.05, 0) is 31.0 Å². The van der Waals surface area contributed by atoms with Gasteiger partial charge in [0.2, 0.25) is 0 Å². The van der Waals surface area contributed by atoms with Crippen LogP contribution in [0.3, 0.4) is 0 Å². The zero-order chi connectivity index (χ0) is 18.1. The minimum atomic E-state index is -0.414. The van der Waals surface area contributed by atoms with Gasteiger partial charge in [0.1, 0.15) is 11.3 Å². The first-order chi connectivity index (χ1) is 12.6. The maximum Gasteiger partial charge on any atom is 0.336 e. The van der Waals surface area contributed by atoms with Crippen LogP contribution in [-0.4, -0.2) is 65.7 Å². The van der Waals surface area contributed by atoms with Crippen LogP contribution in [0.25, 0.3) is 11.0 Å². The van der Waals surface area contributed by atoms with E-state index >= 15 is 0 Å². The van der Waals surface area contributed by atoms with Gasteiger partial charge >= 0.3 is 5.63 Å². The summed E-state index contributed by atoms with van der Waals surface area (Å²) in [6, 6.07) is 8.72. The van der Waals surface area contributed by atoms with Crippen molar-refractivity contribution in [1.29, 1.82) is 0 Å². The number of aliphatic hydroxyl groups is 1. The van der Waals surface area contributed by atoms with Gasteiger partial charge in [-0.1, -0.05) is 0 Å². The lowest BCUT2D eigenvalue weighted by Gasteiger charge is -2.45. The lowest BCUT2D eigenvalue weighted by molar-refractivity contribution is -0.135. The summed E-state index contributed by atoms with van der Waals surface area (Å²) in [5.74, 6) is 0.464. The zero-order valence-electron chi connectivity index (χ0n) is 14.5. The minimum Gasteiger partial charge on any atom is -0.484 e. The zero-order valence-corrected chi connectivity index (χ0v) is 14.5. The Morgan fingerprint density at radius 3 is 2.65 bits per heavy atom. The number of hydrogen-bond donors (Lipinski definition) is 1. The number of β-amino-alcohol motifs (C(OH)–C–C–N with tert-alkyl or cyclic N) is 1. The number of ether oxygens (including phenoxy) is 1. The third kappa shape index (κ3) is 3.59. The molecule has 3 heterocycles. The van der Waals surface area contributed by atoms with Crippen LogP contribution >= 0.6 is 0 Å². The highest BCUT2D eigenvalue weighted by molar-refractivity contribution is 5.79. The largest absolute Gasteiger partial charge is 0.484 e. The minimum absolute atomic E-state index is 0.0321. The second-order valence-electron chi connectivity index (χ2n) is 6.96. The van der Waals surface area contributed by atoms with E-state index in [2.05, 4.69) is 4.90 Å². The lowest BCUT2D eigenvalue weighted by Crippen LogP contribution is -2.58.